The van der Waals surface area contributed by atoms with Gasteiger partial charge in [0.2, 0.25) is 0 Å². The largest absolute Gasteiger partial charge is 0.484 e. The van der Waals surface area contributed by atoms with Gasteiger partial charge in [0.15, 0.2) is 6.61 Å². The molecule has 0 aliphatic heterocycles. The highest BCUT2D eigenvalue weighted by Gasteiger charge is 2.00. The van der Waals surface area contributed by atoms with Crippen molar-refractivity contribution in [1.82, 2.24) is 5.43 Å². The van der Waals surface area contributed by atoms with Crippen LogP contribution in [0.15, 0.2) is 53.6 Å². The van der Waals surface area contributed by atoms with Crippen LogP contribution in [0.3, 0.4) is 0 Å². The van der Waals surface area contributed by atoms with Gasteiger partial charge in [0.25, 0.3) is 5.91 Å². The highest BCUT2D eigenvalue weighted by atomic mass is 35.5. The lowest BCUT2D eigenvalue weighted by atomic mass is 10.2. The lowest BCUT2D eigenvalue weighted by molar-refractivity contribution is -0.123. The molecule has 0 atom stereocenters. The van der Waals surface area contributed by atoms with Crippen molar-refractivity contribution in [3.05, 3.63) is 64.7 Å². The molecule has 21 heavy (non-hydrogen) atoms. The van der Waals surface area contributed by atoms with Crippen LogP contribution in [0, 0.1) is 6.92 Å². The number of carbonyl (C=O) groups is 1. The minimum Gasteiger partial charge on any atom is -0.484 e. The number of aryl methyl sites for hydroxylation is 1. The Morgan fingerprint density at radius 2 is 1.86 bits per heavy atom. The molecular formula is C16H15ClN2O2. The molecule has 4 nitrogen and oxygen atoms in total. The second-order valence-electron chi connectivity index (χ2n) is 4.45. The first-order chi connectivity index (χ1) is 10.1. The van der Waals surface area contributed by atoms with E-state index in [-0.39, 0.29) is 12.5 Å². The Morgan fingerprint density at radius 1 is 1.19 bits per heavy atom. The topological polar surface area (TPSA) is 50.7 Å². The smallest absolute Gasteiger partial charge is 0.277 e. The number of nitrogens with zero attached hydrogens (tertiary/aromatic N) is 1. The van der Waals surface area contributed by atoms with Crippen LogP contribution in [0.1, 0.15) is 11.1 Å². The average Bonchev–Trinajstić information content (AvgIpc) is 2.49. The molecule has 2 aromatic carbocycles. The number of carbonyl (C=O) groups excluding carboxylic acids is 1. The number of ether oxygens (including phenoxy) is 1. The van der Waals surface area contributed by atoms with Gasteiger partial charge < -0.3 is 4.74 Å². The van der Waals surface area contributed by atoms with E-state index in [9.17, 15) is 4.79 Å². The summed E-state index contributed by atoms with van der Waals surface area (Å²) in [7, 11) is 0. The Morgan fingerprint density at radius 3 is 2.52 bits per heavy atom. The average molecular weight is 303 g/mol. The molecule has 0 aliphatic carbocycles. The van der Waals surface area contributed by atoms with E-state index in [4.69, 9.17) is 16.3 Å². The van der Waals surface area contributed by atoms with Crippen LogP contribution in [-0.2, 0) is 4.79 Å². The summed E-state index contributed by atoms with van der Waals surface area (Å²) in [6.07, 6.45) is 1.54. The van der Waals surface area contributed by atoms with Crippen LogP contribution in [0.5, 0.6) is 5.75 Å². The molecule has 108 valence electrons. The molecule has 0 aromatic heterocycles. The van der Waals surface area contributed by atoms with Crippen LogP contribution in [-0.4, -0.2) is 18.7 Å². The highest BCUT2D eigenvalue weighted by Crippen LogP contribution is 2.11. The molecule has 1 amide bonds. The maximum absolute atomic E-state index is 11.6. The van der Waals surface area contributed by atoms with E-state index in [2.05, 4.69) is 10.5 Å². The SMILES string of the molecule is Cc1ccc(OCC(=O)NN=Cc2ccc(Cl)cc2)cc1. The second-order valence-corrected chi connectivity index (χ2v) is 4.88. The zero-order valence-electron chi connectivity index (χ0n) is 11.5. The van der Waals surface area contributed by atoms with Crippen molar-refractivity contribution in [1.29, 1.82) is 0 Å². The van der Waals surface area contributed by atoms with Crippen molar-refractivity contribution in [2.75, 3.05) is 6.61 Å². The van der Waals surface area contributed by atoms with Gasteiger partial charge in [-0.25, -0.2) is 5.43 Å². The molecule has 0 unspecified atom stereocenters. The summed E-state index contributed by atoms with van der Waals surface area (Å²) in [4.78, 5) is 11.6. The van der Waals surface area contributed by atoms with E-state index in [0.717, 1.165) is 11.1 Å². The number of hydrogen-bond acceptors (Lipinski definition) is 3. The van der Waals surface area contributed by atoms with Gasteiger partial charge in [0, 0.05) is 5.02 Å². The van der Waals surface area contributed by atoms with Crippen molar-refractivity contribution in [3.8, 4) is 5.75 Å². The minimum absolute atomic E-state index is 0.0823. The molecule has 5 heteroatoms. The summed E-state index contributed by atoms with van der Waals surface area (Å²) < 4.78 is 5.34. The molecule has 0 spiro atoms. The number of hydrogen-bond donors (Lipinski definition) is 1. The summed E-state index contributed by atoms with van der Waals surface area (Å²) >= 11 is 5.77. The van der Waals surface area contributed by atoms with Crippen LogP contribution < -0.4 is 10.2 Å². The number of halogens is 1. The summed E-state index contributed by atoms with van der Waals surface area (Å²) in [5.41, 5.74) is 4.38. The monoisotopic (exact) mass is 302 g/mol. The molecule has 0 bridgehead atoms. The van der Waals surface area contributed by atoms with Gasteiger partial charge in [-0.15, -0.1) is 0 Å². The third-order valence-electron chi connectivity index (χ3n) is 2.66. The van der Waals surface area contributed by atoms with Crippen LogP contribution >= 0.6 is 11.6 Å². The zero-order chi connectivity index (χ0) is 15.1. The number of amides is 1. The molecule has 2 rings (SSSR count). The first kappa shape index (κ1) is 15.1. The van der Waals surface area contributed by atoms with E-state index in [1.54, 1.807) is 30.5 Å². The summed E-state index contributed by atoms with van der Waals surface area (Å²) in [6.45, 7) is 1.91. The molecule has 2 aromatic rings. The predicted molar refractivity (Wildman–Crippen MR) is 83.9 cm³/mol. The Kier molecular flexibility index (Phi) is 5.35. The Labute approximate surface area is 128 Å². The first-order valence-electron chi connectivity index (χ1n) is 6.40. The molecule has 0 fully saturated rings. The highest BCUT2D eigenvalue weighted by molar-refractivity contribution is 6.30. The van der Waals surface area contributed by atoms with Gasteiger partial charge in [-0.3, -0.25) is 4.79 Å². The summed E-state index contributed by atoms with van der Waals surface area (Å²) in [6, 6.07) is 14.6. The first-order valence-corrected chi connectivity index (χ1v) is 6.78. The van der Waals surface area contributed by atoms with E-state index >= 15 is 0 Å². The van der Waals surface area contributed by atoms with Gasteiger partial charge in [-0.2, -0.15) is 5.10 Å². The normalized spacial score (nSPS) is 10.6. The third kappa shape index (κ3) is 5.28. The lowest BCUT2D eigenvalue weighted by Crippen LogP contribution is -2.24. The van der Waals surface area contributed by atoms with Crippen molar-refractivity contribution in [2.45, 2.75) is 6.92 Å². The maximum atomic E-state index is 11.6. The minimum atomic E-state index is -0.319. The number of nitrogens with one attached hydrogen (secondary N) is 1. The van der Waals surface area contributed by atoms with Crippen LogP contribution in [0.25, 0.3) is 0 Å². The fraction of sp³-hybridized carbons (Fsp3) is 0.125. The number of benzene rings is 2. The maximum Gasteiger partial charge on any atom is 0.277 e. The van der Waals surface area contributed by atoms with E-state index in [1.165, 1.54) is 0 Å². The van der Waals surface area contributed by atoms with Crippen LogP contribution in [0.2, 0.25) is 5.02 Å². The Balaban J connectivity index is 1.77. The van der Waals surface area contributed by atoms with Crippen molar-refractivity contribution >= 4 is 23.7 Å². The second kappa shape index (κ2) is 7.45. The van der Waals surface area contributed by atoms with Gasteiger partial charge in [-0.05, 0) is 36.8 Å². The quantitative estimate of drug-likeness (QED) is 0.681. The number of hydrazone groups is 1. The zero-order valence-corrected chi connectivity index (χ0v) is 12.3. The van der Waals surface area contributed by atoms with Crippen molar-refractivity contribution in [3.63, 3.8) is 0 Å². The summed E-state index contributed by atoms with van der Waals surface area (Å²) in [5.74, 6) is 0.332. The molecule has 0 heterocycles. The molecule has 0 aliphatic rings. The third-order valence-corrected chi connectivity index (χ3v) is 2.92. The predicted octanol–water partition coefficient (Wildman–Crippen LogP) is 3.18. The van der Waals surface area contributed by atoms with Gasteiger partial charge >= 0.3 is 0 Å². The Hall–Kier alpha value is -2.33. The molecule has 0 saturated heterocycles. The molecule has 1 N–H and O–H groups in total. The van der Waals surface area contributed by atoms with Gasteiger partial charge in [-0.1, -0.05) is 41.4 Å². The molecule has 0 saturated carbocycles. The van der Waals surface area contributed by atoms with E-state index in [0.29, 0.717) is 10.8 Å². The van der Waals surface area contributed by atoms with Gasteiger partial charge in [0.1, 0.15) is 5.75 Å². The lowest BCUT2D eigenvalue weighted by Gasteiger charge is -2.04. The fourth-order valence-electron chi connectivity index (χ4n) is 1.54. The van der Waals surface area contributed by atoms with Gasteiger partial charge in [0.05, 0.1) is 6.21 Å². The van der Waals surface area contributed by atoms with Crippen molar-refractivity contribution < 1.29 is 9.53 Å². The van der Waals surface area contributed by atoms with Crippen molar-refractivity contribution in [2.24, 2.45) is 5.10 Å². The summed E-state index contributed by atoms with van der Waals surface area (Å²) in [5, 5.41) is 4.51. The fourth-order valence-corrected chi connectivity index (χ4v) is 1.67. The molecular weight excluding hydrogens is 288 g/mol. The van der Waals surface area contributed by atoms with E-state index < -0.39 is 0 Å². The molecule has 0 radical (unpaired) electrons. The van der Waals surface area contributed by atoms with E-state index in [1.807, 2.05) is 31.2 Å². The number of rotatable bonds is 5. The Bertz CT molecular complexity index is 622. The standard InChI is InChI=1S/C16H15ClN2O2/c1-12-2-8-15(9-3-12)21-11-16(20)19-18-10-13-4-6-14(17)7-5-13/h2-10H,11H2,1H3,(H,19,20). The van der Waals surface area contributed by atoms with Crippen LogP contribution in [0.4, 0.5) is 0 Å².